The van der Waals surface area contributed by atoms with Gasteiger partial charge < -0.3 is 14.6 Å². The molecule has 0 radical (unpaired) electrons. The standard InChI is InChI=1S/C10H9N5O.C8H13NO2/c1-14-5-7(4-12-14)8-6-15-9(2-3-11-15)10(16)13-8;1-2-8(10)9-4-3-6-11-7-5-9/h2-6H,1H3,(H,13,16);2H,1,3-7H2. The van der Waals surface area contributed by atoms with Crippen LogP contribution < -0.4 is 5.56 Å². The molecule has 4 heterocycles. The number of carbonyl (C=O) groups excluding carboxylic acids is 1. The fourth-order valence-electron chi connectivity index (χ4n) is 2.74. The first-order chi connectivity index (χ1) is 13.1. The minimum atomic E-state index is -0.154. The van der Waals surface area contributed by atoms with E-state index in [1.807, 2.05) is 13.2 Å². The number of nitrogens with one attached hydrogen (secondary N) is 1. The van der Waals surface area contributed by atoms with E-state index in [1.54, 1.807) is 38.8 Å². The number of aryl methyl sites for hydroxylation is 1. The predicted octanol–water partition coefficient (Wildman–Crippen LogP) is 0.844. The molecule has 1 aliphatic heterocycles. The molecule has 1 fully saturated rings. The van der Waals surface area contributed by atoms with E-state index in [-0.39, 0.29) is 11.5 Å². The van der Waals surface area contributed by atoms with Gasteiger partial charge in [-0.05, 0) is 18.6 Å². The number of fused-ring (bicyclic) bond motifs is 1. The quantitative estimate of drug-likeness (QED) is 0.675. The highest BCUT2D eigenvalue weighted by molar-refractivity contribution is 5.86. The Labute approximate surface area is 155 Å². The molecule has 1 aliphatic rings. The summed E-state index contributed by atoms with van der Waals surface area (Å²) in [5.74, 6) is 0.00972. The van der Waals surface area contributed by atoms with Crippen LogP contribution in [0.15, 0.2) is 48.3 Å². The molecule has 27 heavy (non-hydrogen) atoms. The minimum Gasteiger partial charge on any atom is -0.380 e. The Kier molecular flexibility index (Phi) is 5.82. The summed E-state index contributed by atoms with van der Waals surface area (Å²) in [5.41, 5.74) is 1.94. The van der Waals surface area contributed by atoms with Crippen molar-refractivity contribution in [1.82, 2.24) is 29.3 Å². The maximum atomic E-state index is 11.7. The van der Waals surface area contributed by atoms with E-state index in [0.29, 0.717) is 24.4 Å². The molecule has 3 aromatic heterocycles. The van der Waals surface area contributed by atoms with Crippen LogP contribution in [0.2, 0.25) is 0 Å². The zero-order valence-electron chi connectivity index (χ0n) is 15.2. The molecule has 0 aromatic carbocycles. The van der Waals surface area contributed by atoms with Crippen LogP contribution in [-0.2, 0) is 16.6 Å². The van der Waals surface area contributed by atoms with Crippen molar-refractivity contribution in [1.29, 1.82) is 0 Å². The molecular formula is C18H22N6O3. The van der Waals surface area contributed by atoms with Gasteiger partial charge in [-0.25, -0.2) is 4.52 Å². The second-order valence-corrected chi connectivity index (χ2v) is 6.06. The van der Waals surface area contributed by atoms with Crippen LogP contribution in [0.1, 0.15) is 6.42 Å². The number of aromatic amines is 1. The number of nitrogens with zero attached hydrogens (tertiary/aromatic N) is 5. The summed E-state index contributed by atoms with van der Waals surface area (Å²) in [6.45, 7) is 6.35. The Morgan fingerprint density at radius 3 is 2.89 bits per heavy atom. The van der Waals surface area contributed by atoms with Gasteiger partial charge >= 0.3 is 0 Å². The number of hydrogen-bond donors (Lipinski definition) is 1. The fourth-order valence-corrected chi connectivity index (χ4v) is 2.74. The first-order valence-corrected chi connectivity index (χ1v) is 8.63. The van der Waals surface area contributed by atoms with Crippen LogP contribution in [0, 0.1) is 0 Å². The van der Waals surface area contributed by atoms with Crippen molar-refractivity contribution in [2.75, 3.05) is 26.3 Å². The van der Waals surface area contributed by atoms with Crippen LogP contribution in [-0.4, -0.2) is 61.5 Å². The lowest BCUT2D eigenvalue weighted by Gasteiger charge is -2.16. The maximum Gasteiger partial charge on any atom is 0.274 e. The highest BCUT2D eigenvalue weighted by Gasteiger charge is 2.11. The van der Waals surface area contributed by atoms with E-state index < -0.39 is 0 Å². The van der Waals surface area contributed by atoms with E-state index in [4.69, 9.17) is 4.74 Å². The first kappa shape index (κ1) is 18.6. The molecule has 0 aliphatic carbocycles. The molecule has 1 amide bonds. The van der Waals surface area contributed by atoms with Crippen LogP contribution in [0.4, 0.5) is 0 Å². The second kappa shape index (κ2) is 8.45. The van der Waals surface area contributed by atoms with Crippen molar-refractivity contribution in [3.8, 4) is 11.3 Å². The number of H-pyrrole nitrogens is 1. The summed E-state index contributed by atoms with van der Waals surface area (Å²) in [5, 5.41) is 8.10. The zero-order chi connectivity index (χ0) is 19.2. The highest BCUT2D eigenvalue weighted by atomic mass is 16.5. The number of rotatable bonds is 2. The molecule has 142 valence electrons. The smallest absolute Gasteiger partial charge is 0.274 e. The first-order valence-electron chi connectivity index (χ1n) is 8.63. The van der Waals surface area contributed by atoms with Gasteiger partial charge in [0.2, 0.25) is 5.91 Å². The topological polar surface area (TPSA) is 97.5 Å². The van der Waals surface area contributed by atoms with E-state index >= 15 is 0 Å². The minimum absolute atomic E-state index is 0.00972. The lowest BCUT2D eigenvalue weighted by atomic mass is 10.3. The molecule has 4 rings (SSSR count). The summed E-state index contributed by atoms with van der Waals surface area (Å²) in [6, 6.07) is 1.67. The van der Waals surface area contributed by atoms with Gasteiger partial charge in [0.25, 0.3) is 5.56 Å². The number of aromatic nitrogens is 5. The average molecular weight is 370 g/mol. The SMILES string of the molecule is C=CC(=O)N1CCCOCC1.Cn1cc(-c2cn3nccc3c(=O)[nH]2)cn1. The van der Waals surface area contributed by atoms with Gasteiger partial charge in [-0.2, -0.15) is 10.2 Å². The number of ether oxygens (including phenoxy) is 1. The van der Waals surface area contributed by atoms with Gasteiger partial charge in [-0.3, -0.25) is 14.3 Å². The van der Waals surface area contributed by atoms with E-state index in [9.17, 15) is 9.59 Å². The molecule has 0 spiro atoms. The third-order valence-electron chi connectivity index (χ3n) is 4.13. The molecule has 0 atom stereocenters. The largest absolute Gasteiger partial charge is 0.380 e. The summed E-state index contributed by atoms with van der Waals surface area (Å²) < 4.78 is 8.43. The molecule has 0 saturated carbocycles. The monoisotopic (exact) mass is 370 g/mol. The van der Waals surface area contributed by atoms with E-state index in [1.165, 1.54) is 6.08 Å². The van der Waals surface area contributed by atoms with Crippen molar-refractivity contribution < 1.29 is 9.53 Å². The fraction of sp³-hybridized carbons (Fsp3) is 0.333. The predicted molar refractivity (Wildman–Crippen MR) is 100 cm³/mol. The normalized spacial score (nSPS) is 14.3. The Balaban J connectivity index is 0.000000168. The lowest BCUT2D eigenvalue weighted by Crippen LogP contribution is -2.31. The van der Waals surface area contributed by atoms with Crippen molar-refractivity contribution in [2.24, 2.45) is 7.05 Å². The number of hydrogen-bond acceptors (Lipinski definition) is 5. The van der Waals surface area contributed by atoms with E-state index in [2.05, 4.69) is 21.8 Å². The van der Waals surface area contributed by atoms with Crippen molar-refractivity contribution in [2.45, 2.75) is 6.42 Å². The highest BCUT2D eigenvalue weighted by Crippen LogP contribution is 2.13. The van der Waals surface area contributed by atoms with Gasteiger partial charge in [-0.1, -0.05) is 6.58 Å². The van der Waals surface area contributed by atoms with Crippen molar-refractivity contribution >= 4 is 11.4 Å². The van der Waals surface area contributed by atoms with Crippen LogP contribution in [0.5, 0.6) is 0 Å². The van der Waals surface area contributed by atoms with Gasteiger partial charge in [0.1, 0.15) is 5.52 Å². The molecule has 9 heteroatoms. The Hall–Kier alpha value is -3.20. The summed E-state index contributed by atoms with van der Waals surface area (Å²) >= 11 is 0. The Morgan fingerprint density at radius 1 is 1.30 bits per heavy atom. The Bertz CT molecular complexity index is 978. The lowest BCUT2D eigenvalue weighted by molar-refractivity contribution is -0.126. The third kappa shape index (κ3) is 4.50. The molecule has 0 bridgehead atoms. The van der Waals surface area contributed by atoms with Crippen LogP contribution >= 0.6 is 0 Å². The molecule has 0 unspecified atom stereocenters. The van der Waals surface area contributed by atoms with Crippen LogP contribution in [0.25, 0.3) is 16.8 Å². The molecule has 9 nitrogen and oxygen atoms in total. The van der Waals surface area contributed by atoms with E-state index in [0.717, 1.165) is 25.1 Å². The second-order valence-electron chi connectivity index (χ2n) is 6.06. The van der Waals surface area contributed by atoms with Crippen molar-refractivity contribution in [3.63, 3.8) is 0 Å². The van der Waals surface area contributed by atoms with Crippen molar-refractivity contribution in [3.05, 3.63) is 53.9 Å². The number of amides is 1. The third-order valence-corrected chi connectivity index (χ3v) is 4.13. The summed E-state index contributed by atoms with van der Waals surface area (Å²) in [4.78, 5) is 27.3. The van der Waals surface area contributed by atoms with Crippen LogP contribution in [0.3, 0.4) is 0 Å². The molecule has 1 saturated heterocycles. The zero-order valence-corrected chi connectivity index (χ0v) is 15.2. The maximum absolute atomic E-state index is 11.7. The molecular weight excluding hydrogens is 348 g/mol. The summed E-state index contributed by atoms with van der Waals surface area (Å²) in [6.07, 6.45) is 9.18. The molecule has 3 aromatic rings. The molecule has 1 N–H and O–H groups in total. The van der Waals surface area contributed by atoms with Gasteiger partial charge in [-0.15, -0.1) is 0 Å². The van der Waals surface area contributed by atoms with Gasteiger partial charge in [0.05, 0.1) is 30.9 Å². The summed E-state index contributed by atoms with van der Waals surface area (Å²) in [7, 11) is 1.83. The van der Waals surface area contributed by atoms with Gasteiger partial charge in [0.15, 0.2) is 0 Å². The van der Waals surface area contributed by atoms with Gasteiger partial charge in [0, 0.05) is 38.5 Å². The average Bonchev–Trinajstić information content (AvgIpc) is 3.23. The Morgan fingerprint density at radius 2 is 2.15 bits per heavy atom. The number of carbonyl (C=O) groups is 1.